The summed E-state index contributed by atoms with van der Waals surface area (Å²) in [5, 5.41) is 5.65. The van der Waals surface area contributed by atoms with Crippen molar-refractivity contribution in [2.24, 2.45) is 0 Å². The van der Waals surface area contributed by atoms with Crippen LogP contribution in [0.15, 0.2) is 54.7 Å². The highest BCUT2D eigenvalue weighted by atomic mass is 16.6. The predicted molar refractivity (Wildman–Crippen MR) is 139 cm³/mol. The van der Waals surface area contributed by atoms with Gasteiger partial charge in [-0.15, -0.1) is 0 Å². The molecule has 35 heavy (non-hydrogen) atoms. The number of likely N-dealkylation sites (tertiary alicyclic amines) is 1. The molecule has 0 aliphatic carbocycles. The lowest BCUT2D eigenvalue weighted by molar-refractivity contribution is 0.0210. The Labute approximate surface area is 205 Å². The van der Waals surface area contributed by atoms with E-state index in [2.05, 4.69) is 40.6 Å². The number of nitrogens with one attached hydrogen (secondary N) is 1. The maximum absolute atomic E-state index is 12.3. The van der Waals surface area contributed by atoms with E-state index in [0.29, 0.717) is 19.0 Å². The maximum Gasteiger partial charge on any atom is 0.410 e. The van der Waals surface area contributed by atoms with Crippen LogP contribution in [-0.4, -0.2) is 50.7 Å². The van der Waals surface area contributed by atoms with E-state index in [1.54, 1.807) is 4.90 Å². The van der Waals surface area contributed by atoms with Gasteiger partial charge in [0.1, 0.15) is 5.60 Å². The molecule has 1 saturated heterocycles. The summed E-state index contributed by atoms with van der Waals surface area (Å²) < 4.78 is 5.50. The molecule has 3 heterocycles. The number of hydrogen-bond donors (Lipinski definition) is 1. The fourth-order valence-corrected chi connectivity index (χ4v) is 4.58. The van der Waals surface area contributed by atoms with Crippen LogP contribution < -0.4 is 5.32 Å². The Morgan fingerprint density at radius 3 is 2.54 bits per heavy atom. The first-order valence-electron chi connectivity index (χ1n) is 12.1. The number of rotatable bonds is 3. The summed E-state index contributed by atoms with van der Waals surface area (Å²) in [6.45, 7) is 9.00. The molecule has 2 aromatic carbocycles. The summed E-state index contributed by atoms with van der Waals surface area (Å²) in [6, 6.07) is 16.8. The summed E-state index contributed by atoms with van der Waals surface area (Å²) in [4.78, 5) is 28.1. The number of carbonyl (C=O) groups excluding carboxylic acids is 1. The van der Waals surface area contributed by atoms with Crippen LogP contribution in [0.2, 0.25) is 0 Å². The van der Waals surface area contributed by atoms with Gasteiger partial charge in [0.2, 0.25) is 5.95 Å². The smallest absolute Gasteiger partial charge is 0.410 e. The van der Waals surface area contributed by atoms with Crippen molar-refractivity contribution in [2.75, 3.05) is 18.4 Å². The third kappa shape index (κ3) is 5.04. The minimum Gasteiger partial charge on any atom is -0.444 e. The lowest BCUT2D eigenvalue weighted by Crippen LogP contribution is -2.44. The van der Waals surface area contributed by atoms with Gasteiger partial charge in [-0.1, -0.05) is 24.3 Å². The van der Waals surface area contributed by atoms with Crippen LogP contribution in [0.4, 0.5) is 10.7 Å². The van der Waals surface area contributed by atoms with Crippen LogP contribution in [-0.2, 0) is 4.74 Å². The summed E-state index contributed by atoms with van der Waals surface area (Å²) in [6.07, 6.45) is 3.26. The van der Waals surface area contributed by atoms with Crippen molar-refractivity contribution >= 4 is 33.8 Å². The molecule has 0 radical (unpaired) electrons. The van der Waals surface area contributed by atoms with Gasteiger partial charge < -0.3 is 15.0 Å². The zero-order valence-corrected chi connectivity index (χ0v) is 20.7. The minimum atomic E-state index is -0.479. The highest BCUT2D eigenvalue weighted by molar-refractivity contribution is 5.97. The number of pyridine rings is 1. The van der Waals surface area contributed by atoms with Crippen molar-refractivity contribution in [3.05, 3.63) is 60.4 Å². The molecule has 0 atom stereocenters. The van der Waals surface area contributed by atoms with E-state index < -0.39 is 5.60 Å². The highest BCUT2D eigenvalue weighted by Crippen LogP contribution is 2.30. The topological polar surface area (TPSA) is 80.2 Å². The number of hydrogen-bond acceptors (Lipinski definition) is 6. The molecule has 5 rings (SSSR count). The molecule has 0 unspecified atom stereocenters. The van der Waals surface area contributed by atoms with Crippen molar-refractivity contribution in [1.29, 1.82) is 0 Å². The predicted octanol–water partition coefficient (Wildman–Crippen LogP) is 5.96. The van der Waals surface area contributed by atoms with E-state index in [9.17, 15) is 4.79 Å². The second-order valence-electron chi connectivity index (χ2n) is 10.1. The minimum absolute atomic E-state index is 0.216. The van der Waals surface area contributed by atoms with E-state index >= 15 is 0 Å². The molecule has 0 bridgehead atoms. The molecule has 1 N–H and O–H groups in total. The second kappa shape index (κ2) is 9.13. The van der Waals surface area contributed by atoms with E-state index in [1.807, 2.05) is 52.1 Å². The Bertz CT molecular complexity index is 1380. The summed E-state index contributed by atoms with van der Waals surface area (Å²) in [5.74, 6) is 0.632. The molecular weight excluding hydrogens is 438 g/mol. The number of para-hydroxylation sites is 1. The summed E-state index contributed by atoms with van der Waals surface area (Å²) >= 11 is 0. The summed E-state index contributed by atoms with van der Waals surface area (Å²) in [5.41, 5.74) is 4.62. The number of piperidine rings is 1. The lowest BCUT2D eigenvalue weighted by atomic mass is 9.99. The van der Waals surface area contributed by atoms with Gasteiger partial charge in [-0.3, -0.25) is 4.98 Å². The number of amides is 1. The Morgan fingerprint density at radius 2 is 1.77 bits per heavy atom. The molecule has 2 aromatic heterocycles. The average Bonchev–Trinajstić information content (AvgIpc) is 2.83. The van der Waals surface area contributed by atoms with E-state index in [0.717, 1.165) is 51.5 Å². The lowest BCUT2D eigenvalue weighted by Gasteiger charge is -2.33. The number of fused-ring (bicyclic) bond motifs is 2. The third-order valence-corrected chi connectivity index (χ3v) is 6.33. The van der Waals surface area contributed by atoms with E-state index in [1.165, 1.54) is 0 Å². The van der Waals surface area contributed by atoms with Gasteiger partial charge in [0.15, 0.2) is 0 Å². The Hall–Kier alpha value is -3.74. The molecule has 0 saturated carbocycles. The molecule has 180 valence electrons. The van der Waals surface area contributed by atoms with Crippen LogP contribution in [0.3, 0.4) is 0 Å². The molecule has 1 fully saturated rings. The SMILES string of the molecule is Cc1nc(NC2CCN(C(=O)OC(C)(C)C)CC2)nc2ccc(-c3ccnc4ccccc34)cc12. The monoisotopic (exact) mass is 469 g/mol. The number of nitrogens with zero attached hydrogens (tertiary/aromatic N) is 4. The highest BCUT2D eigenvalue weighted by Gasteiger charge is 2.27. The molecule has 4 aromatic rings. The molecule has 7 heteroatoms. The van der Waals surface area contributed by atoms with Crippen molar-refractivity contribution in [2.45, 2.75) is 52.2 Å². The standard InChI is InChI=1S/C28H31N5O2/c1-18-23-17-19(21-11-14-29-24-8-6-5-7-22(21)24)9-10-25(23)32-26(30-18)31-20-12-15-33(16-13-20)27(34)35-28(2,3)4/h5-11,14,17,20H,12-13,15-16H2,1-4H3,(H,30,31,32). The molecule has 1 amide bonds. The van der Waals surface area contributed by atoms with E-state index in [-0.39, 0.29) is 12.1 Å². The second-order valence-corrected chi connectivity index (χ2v) is 10.1. The van der Waals surface area contributed by atoms with Crippen LogP contribution >= 0.6 is 0 Å². The van der Waals surface area contributed by atoms with Gasteiger partial charge in [-0.05, 0) is 75.9 Å². The van der Waals surface area contributed by atoms with Gasteiger partial charge in [0, 0.05) is 36.1 Å². The van der Waals surface area contributed by atoms with Crippen molar-refractivity contribution in [1.82, 2.24) is 19.9 Å². The fourth-order valence-electron chi connectivity index (χ4n) is 4.58. The first kappa shape index (κ1) is 23.0. The number of carbonyl (C=O) groups is 1. The number of aryl methyl sites for hydroxylation is 1. The normalized spacial score (nSPS) is 14.9. The molecule has 7 nitrogen and oxygen atoms in total. The Morgan fingerprint density at radius 1 is 1.00 bits per heavy atom. The fraction of sp³-hybridized carbons (Fsp3) is 0.357. The Kier molecular flexibility index (Phi) is 6.01. The van der Waals surface area contributed by atoms with Crippen LogP contribution in [0, 0.1) is 6.92 Å². The van der Waals surface area contributed by atoms with Crippen molar-refractivity contribution < 1.29 is 9.53 Å². The number of anilines is 1. The zero-order chi connectivity index (χ0) is 24.6. The van der Waals surface area contributed by atoms with E-state index in [4.69, 9.17) is 14.7 Å². The molecular formula is C28H31N5O2. The average molecular weight is 470 g/mol. The zero-order valence-electron chi connectivity index (χ0n) is 20.7. The number of ether oxygens (including phenoxy) is 1. The quantitative estimate of drug-likeness (QED) is 0.398. The van der Waals surface area contributed by atoms with Crippen LogP contribution in [0.25, 0.3) is 32.9 Å². The molecule has 1 aliphatic rings. The van der Waals surface area contributed by atoms with Crippen LogP contribution in [0.5, 0.6) is 0 Å². The Balaban J connectivity index is 1.32. The number of benzene rings is 2. The van der Waals surface area contributed by atoms with Crippen LogP contribution in [0.1, 0.15) is 39.3 Å². The van der Waals surface area contributed by atoms with Gasteiger partial charge in [-0.2, -0.15) is 0 Å². The number of aromatic nitrogens is 3. The van der Waals surface area contributed by atoms with Crippen molar-refractivity contribution in [3.63, 3.8) is 0 Å². The molecule has 1 aliphatic heterocycles. The van der Waals surface area contributed by atoms with Gasteiger partial charge in [-0.25, -0.2) is 14.8 Å². The third-order valence-electron chi connectivity index (χ3n) is 6.33. The summed E-state index contributed by atoms with van der Waals surface area (Å²) in [7, 11) is 0. The van der Waals surface area contributed by atoms with Gasteiger partial charge >= 0.3 is 6.09 Å². The first-order chi connectivity index (χ1) is 16.8. The largest absolute Gasteiger partial charge is 0.444 e. The van der Waals surface area contributed by atoms with Gasteiger partial charge in [0.25, 0.3) is 0 Å². The molecule has 0 spiro atoms. The van der Waals surface area contributed by atoms with Crippen molar-refractivity contribution in [3.8, 4) is 11.1 Å². The van der Waals surface area contributed by atoms with Gasteiger partial charge in [0.05, 0.1) is 16.7 Å². The first-order valence-corrected chi connectivity index (χ1v) is 12.1. The maximum atomic E-state index is 12.3.